The predicted molar refractivity (Wildman–Crippen MR) is 171 cm³/mol. The molecular formula is C38H44ClFN2. The van der Waals surface area contributed by atoms with Crippen LogP contribution in [0.1, 0.15) is 126 Å². The molecule has 2 aromatic carbocycles. The highest BCUT2D eigenvalue weighted by atomic mass is 35.5. The lowest BCUT2D eigenvalue weighted by Gasteiger charge is -2.25. The van der Waals surface area contributed by atoms with Crippen molar-refractivity contribution in [1.82, 2.24) is 0 Å². The molecule has 2 nitrogen and oxygen atoms in total. The summed E-state index contributed by atoms with van der Waals surface area (Å²) in [6.45, 7) is 4.57. The molecule has 0 bridgehead atoms. The van der Waals surface area contributed by atoms with Gasteiger partial charge in [0, 0.05) is 23.0 Å². The summed E-state index contributed by atoms with van der Waals surface area (Å²) in [7, 11) is 0. The van der Waals surface area contributed by atoms with Gasteiger partial charge in [0.15, 0.2) is 0 Å². The summed E-state index contributed by atoms with van der Waals surface area (Å²) in [5.41, 5.74) is 2.16. The van der Waals surface area contributed by atoms with Crippen LogP contribution in [-0.4, -0.2) is 0 Å². The molecule has 4 heteroatoms. The zero-order valence-electron chi connectivity index (χ0n) is 25.3. The maximum absolute atomic E-state index is 13.6. The van der Waals surface area contributed by atoms with Crippen molar-refractivity contribution in [1.29, 1.82) is 10.5 Å². The highest BCUT2D eigenvalue weighted by molar-refractivity contribution is 6.31. The van der Waals surface area contributed by atoms with E-state index in [-0.39, 0.29) is 5.56 Å². The highest BCUT2D eigenvalue weighted by Gasteiger charge is 2.19. The molecule has 2 fully saturated rings. The van der Waals surface area contributed by atoms with Crippen LogP contribution in [-0.2, 0) is 0 Å². The molecule has 2 aliphatic carbocycles. The van der Waals surface area contributed by atoms with Gasteiger partial charge < -0.3 is 0 Å². The van der Waals surface area contributed by atoms with Crippen molar-refractivity contribution in [2.24, 2.45) is 23.7 Å². The third-order valence-corrected chi connectivity index (χ3v) is 8.91. The SMILES string of the molecule is CCCCCCC[C@H]1CC[C@H](C#Cc2ccc(C#N)c(F)c2)CC1.C[C@H]1CC[C@H](C#Cc2ccc(C#N)c(Cl)c2)CC1. The van der Waals surface area contributed by atoms with Gasteiger partial charge in [-0.2, -0.15) is 10.5 Å². The minimum Gasteiger partial charge on any atom is -0.206 e. The summed E-state index contributed by atoms with van der Waals surface area (Å²) in [5, 5.41) is 18.0. The fraction of sp³-hybridized carbons (Fsp3) is 0.526. The lowest BCUT2D eigenvalue weighted by molar-refractivity contribution is 0.294. The standard InChI is InChI=1S/C22H28FN.C16H16ClN/c1-2-3-4-5-6-7-18-8-10-19(11-9-18)12-13-20-14-15-21(17-24)22(23)16-20;1-12-2-4-13(5-3-12)6-7-14-8-9-15(11-18)16(17)10-14/h14-16,18-19H,2-11H2,1H3;8-10,12-13H,2-5H2,1H3/t18-,19-;12-,13-. The Kier molecular flexibility index (Phi) is 14.5. The number of nitriles is 2. The summed E-state index contributed by atoms with van der Waals surface area (Å²) in [4.78, 5) is 0. The number of hydrogen-bond donors (Lipinski definition) is 0. The van der Waals surface area contributed by atoms with Crippen LogP contribution in [0.25, 0.3) is 0 Å². The van der Waals surface area contributed by atoms with Gasteiger partial charge in [-0.15, -0.1) is 0 Å². The third-order valence-electron chi connectivity index (χ3n) is 8.60. The minimum absolute atomic E-state index is 0.0833. The van der Waals surface area contributed by atoms with E-state index in [0.29, 0.717) is 28.0 Å². The molecule has 2 aromatic rings. The average molecular weight is 583 g/mol. The Morgan fingerprint density at radius 3 is 1.83 bits per heavy atom. The van der Waals surface area contributed by atoms with Gasteiger partial charge in [0.05, 0.1) is 16.1 Å². The molecule has 0 N–H and O–H groups in total. The number of benzene rings is 2. The normalized spacial score (nSPS) is 21.2. The molecule has 0 aliphatic heterocycles. The number of halogens is 2. The van der Waals surface area contributed by atoms with Gasteiger partial charge in [-0.1, -0.05) is 87.7 Å². The van der Waals surface area contributed by atoms with Crippen molar-refractivity contribution in [2.75, 3.05) is 0 Å². The van der Waals surface area contributed by atoms with E-state index < -0.39 is 5.82 Å². The highest BCUT2D eigenvalue weighted by Crippen LogP contribution is 2.32. The Morgan fingerprint density at radius 1 is 0.738 bits per heavy atom. The summed E-state index contributed by atoms with van der Waals surface area (Å²) < 4.78 is 13.6. The molecule has 2 aliphatic rings. The first-order valence-electron chi connectivity index (χ1n) is 15.8. The van der Waals surface area contributed by atoms with Crippen molar-refractivity contribution >= 4 is 11.6 Å². The van der Waals surface area contributed by atoms with Crippen molar-refractivity contribution in [2.45, 2.75) is 104 Å². The molecular weight excluding hydrogens is 539 g/mol. The van der Waals surface area contributed by atoms with Gasteiger partial charge >= 0.3 is 0 Å². The molecule has 42 heavy (non-hydrogen) atoms. The topological polar surface area (TPSA) is 47.6 Å². The summed E-state index contributed by atoms with van der Waals surface area (Å²) >= 11 is 5.98. The van der Waals surface area contributed by atoms with Crippen LogP contribution < -0.4 is 0 Å². The van der Waals surface area contributed by atoms with E-state index in [9.17, 15) is 4.39 Å². The van der Waals surface area contributed by atoms with E-state index in [0.717, 1.165) is 17.4 Å². The Balaban J connectivity index is 0.000000240. The van der Waals surface area contributed by atoms with Gasteiger partial charge in [-0.05, 0) is 99.6 Å². The van der Waals surface area contributed by atoms with E-state index in [1.165, 1.54) is 102 Å². The van der Waals surface area contributed by atoms with Gasteiger partial charge in [0.25, 0.3) is 0 Å². The van der Waals surface area contributed by atoms with E-state index in [4.69, 9.17) is 22.1 Å². The number of rotatable bonds is 6. The van der Waals surface area contributed by atoms with Crippen molar-refractivity contribution in [3.63, 3.8) is 0 Å². The van der Waals surface area contributed by atoms with Crippen LogP contribution in [0.3, 0.4) is 0 Å². The van der Waals surface area contributed by atoms with Gasteiger partial charge in [0.1, 0.15) is 18.0 Å². The van der Waals surface area contributed by atoms with Crippen molar-refractivity contribution in [3.05, 3.63) is 69.5 Å². The molecule has 0 spiro atoms. The lowest BCUT2D eigenvalue weighted by Crippen LogP contribution is -2.13. The fourth-order valence-electron chi connectivity index (χ4n) is 5.77. The molecule has 0 aromatic heterocycles. The fourth-order valence-corrected chi connectivity index (χ4v) is 6.00. The first kappa shape index (κ1) is 33.3. The summed E-state index contributed by atoms with van der Waals surface area (Å²) in [5.74, 6) is 15.1. The maximum Gasteiger partial charge on any atom is 0.142 e. The van der Waals surface area contributed by atoms with E-state index >= 15 is 0 Å². The molecule has 0 atom stereocenters. The molecule has 2 saturated carbocycles. The number of nitrogens with zero attached hydrogens (tertiary/aromatic N) is 2. The second-order valence-electron chi connectivity index (χ2n) is 12.0. The zero-order chi connectivity index (χ0) is 30.2. The second kappa shape index (κ2) is 18.3. The van der Waals surface area contributed by atoms with Crippen LogP contribution in [0.5, 0.6) is 0 Å². The average Bonchev–Trinajstić information content (AvgIpc) is 3.01. The molecule has 0 saturated heterocycles. The van der Waals surface area contributed by atoms with Crippen LogP contribution in [0, 0.1) is 75.8 Å². The second-order valence-corrected chi connectivity index (χ2v) is 12.4. The minimum atomic E-state index is -0.476. The Morgan fingerprint density at radius 2 is 1.29 bits per heavy atom. The predicted octanol–water partition coefficient (Wildman–Crippen LogP) is 10.6. The van der Waals surface area contributed by atoms with E-state index in [1.807, 2.05) is 12.1 Å². The third kappa shape index (κ3) is 11.6. The number of hydrogen-bond acceptors (Lipinski definition) is 2. The molecule has 0 heterocycles. The molecule has 0 radical (unpaired) electrons. The Hall–Kier alpha value is -3.24. The first-order valence-corrected chi connectivity index (χ1v) is 16.2. The largest absolute Gasteiger partial charge is 0.206 e. The zero-order valence-corrected chi connectivity index (χ0v) is 26.1. The van der Waals surface area contributed by atoms with Crippen molar-refractivity contribution < 1.29 is 4.39 Å². The number of unbranched alkanes of at least 4 members (excludes halogenated alkanes) is 4. The quantitative estimate of drug-likeness (QED) is 0.251. The summed E-state index contributed by atoms with van der Waals surface area (Å²) in [6.07, 6.45) is 18.1. The van der Waals surface area contributed by atoms with Crippen LogP contribution in [0.15, 0.2) is 36.4 Å². The van der Waals surface area contributed by atoms with Crippen LogP contribution in [0.4, 0.5) is 4.39 Å². The Labute approximate surface area is 258 Å². The van der Waals surface area contributed by atoms with E-state index in [2.05, 4.69) is 43.6 Å². The smallest absolute Gasteiger partial charge is 0.142 e. The van der Waals surface area contributed by atoms with Gasteiger partial charge in [-0.25, -0.2) is 4.39 Å². The summed E-state index contributed by atoms with van der Waals surface area (Å²) in [6, 6.07) is 13.9. The van der Waals surface area contributed by atoms with E-state index in [1.54, 1.807) is 18.2 Å². The van der Waals surface area contributed by atoms with Gasteiger partial charge in [-0.3, -0.25) is 0 Å². The Bertz CT molecular complexity index is 1340. The molecule has 0 unspecified atom stereocenters. The first-order chi connectivity index (χ1) is 20.4. The van der Waals surface area contributed by atoms with Crippen molar-refractivity contribution in [3.8, 4) is 35.8 Å². The maximum atomic E-state index is 13.6. The van der Waals surface area contributed by atoms with Gasteiger partial charge in [0.2, 0.25) is 0 Å². The molecule has 220 valence electrons. The monoisotopic (exact) mass is 582 g/mol. The lowest BCUT2D eigenvalue weighted by atomic mass is 9.80. The molecule has 4 rings (SSSR count). The van der Waals surface area contributed by atoms with Crippen LogP contribution >= 0.6 is 11.6 Å². The molecule has 0 amide bonds. The van der Waals surface area contributed by atoms with Crippen LogP contribution in [0.2, 0.25) is 5.02 Å².